The van der Waals surface area contributed by atoms with Gasteiger partial charge in [0, 0.05) is 19.0 Å². The molecule has 0 aromatic heterocycles. The number of nitrogens with two attached hydrogens (primary N) is 1. The Morgan fingerprint density at radius 2 is 1.56 bits per heavy atom. The maximum Gasteiger partial charge on any atom is 0.258 e. The highest BCUT2D eigenvalue weighted by atomic mass is 16.5. The first kappa shape index (κ1) is 31.1. The Morgan fingerprint density at radius 1 is 0.923 bits per heavy atom. The highest BCUT2D eigenvalue weighted by molar-refractivity contribution is 5.98. The van der Waals surface area contributed by atoms with E-state index in [0.717, 1.165) is 30.6 Å². The number of nitrogens with zero attached hydrogens (tertiary/aromatic N) is 2. The second-order valence-corrected chi connectivity index (χ2v) is 9.54. The van der Waals surface area contributed by atoms with E-state index in [1.807, 2.05) is 52.0 Å². The summed E-state index contributed by atoms with van der Waals surface area (Å²) < 4.78 is 17.4. The summed E-state index contributed by atoms with van der Waals surface area (Å²) in [7, 11) is 0. The standard InChI is InChI=1S/C29H40N4O6/c1-20(2)33(21(3)4)29(36)25-10-9-11-26(28(25)39-19-27(30)35)38-17-8-6-7-16-37-24-14-12-23(13-15-24)18-31-32-22(5)34/h9-15,18,20-21H,6-8,16-17,19H2,1-5H3,(H2,30,35)(H,32,34). The van der Waals surface area contributed by atoms with Gasteiger partial charge in [0.05, 0.1) is 25.0 Å². The number of nitrogens with one attached hydrogen (secondary N) is 1. The van der Waals surface area contributed by atoms with E-state index in [1.54, 1.807) is 29.3 Å². The van der Waals surface area contributed by atoms with E-state index in [4.69, 9.17) is 19.9 Å². The highest BCUT2D eigenvalue weighted by Gasteiger charge is 2.26. The third-order valence-electron chi connectivity index (χ3n) is 5.55. The van der Waals surface area contributed by atoms with Crippen LogP contribution in [-0.2, 0) is 9.59 Å². The molecule has 0 bridgehead atoms. The first-order valence-electron chi connectivity index (χ1n) is 13.1. The number of hydrogen-bond acceptors (Lipinski definition) is 7. The van der Waals surface area contributed by atoms with Crippen molar-refractivity contribution in [2.75, 3.05) is 19.8 Å². The second-order valence-electron chi connectivity index (χ2n) is 9.54. The molecule has 0 aliphatic rings. The van der Waals surface area contributed by atoms with Crippen LogP contribution in [0.15, 0.2) is 47.6 Å². The van der Waals surface area contributed by atoms with Crippen LogP contribution in [0, 0.1) is 0 Å². The van der Waals surface area contributed by atoms with Gasteiger partial charge in [-0.1, -0.05) is 6.07 Å². The number of ether oxygens (including phenoxy) is 3. The van der Waals surface area contributed by atoms with Crippen LogP contribution >= 0.6 is 0 Å². The number of rotatable bonds is 16. The third kappa shape index (κ3) is 10.7. The molecule has 0 saturated heterocycles. The number of amides is 3. The molecule has 0 unspecified atom stereocenters. The number of para-hydroxylation sites is 1. The van der Waals surface area contributed by atoms with Crippen LogP contribution in [0.3, 0.4) is 0 Å². The van der Waals surface area contributed by atoms with Crippen LogP contribution in [0.4, 0.5) is 0 Å². The Kier molecular flexibility index (Phi) is 12.8. The first-order chi connectivity index (χ1) is 18.6. The Morgan fingerprint density at radius 3 is 2.15 bits per heavy atom. The van der Waals surface area contributed by atoms with Crippen molar-refractivity contribution >= 4 is 23.9 Å². The maximum atomic E-state index is 13.3. The summed E-state index contributed by atoms with van der Waals surface area (Å²) in [6.45, 7) is 9.80. The van der Waals surface area contributed by atoms with Crippen LogP contribution < -0.4 is 25.4 Å². The topological polar surface area (TPSA) is 133 Å². The lowest BCUT2D eigenvalue weighted by molar-refractivity contribution is -0.120. The van der Waals surface area contributed by atoms with Crippen LogP contribution in [0.5, 0.6) is 17.2 Å². The summed E-state index contributed by atoms with van der Waals surface area (Å²) in [5.74, 6) is 0.305. The Balaban J connectivity index is 1.88. The summed E-state index contributed by atoms with van der Waals surface area (Å²) in [4.78, 5) is 37.3. The molecular weight excluding hydrogens is 500 g/mol. The van der Waals surface area contributed by atoms with E-state index in [1.165, 1.54) is 6.92 Å². The zero-order chi connectivity index (χ0) is 28.8. The Hall–Kier alpha value is -4.08. The molecule has 212 valence electrons. The third-order valence-corrected chi connectivity index (χ3v) is 5.55. The van der Waals surface area contributed by atoms with Gasteiger partial charge in [0.2, 0.25) is 5.91 Å². The van der Waals surface area contributed by atoms with Gasteiger partial charge in [0.1, 0.15) is 5.75 Å². The van der Waals surface area contributed by atoms with Crippen molar-refractivity contribution in [3.8, 4) is 17.2 Å². The SMILES string of the molecule is CC(=O)NN=Cc1ccc(OCCCCCOc2cccc(C(=O)N(C(C)C)C(C)C)c2OCC(N)=O)cc1. The molecule has 3 amide bonds. The molecule has 3 N–H and O–H groups in total. The predicted molar refractivity (Wildman–Crippen MR) is 150 cm³/mol. The minimum atomic E-state index is -0.638. The van der Waals surface area contributed by atoms with E-state index < -0.39 is 5.91 Å². The lowest BCUT2D eigenvalue weighted by atomic mass is 10.1. The molecule has 2 aromatic carbocycles. The van der Waals surface area contributed by atoms with Crippen LogP contribution in [0.1, 0.15) is 69.8 Å². The van der Waals surface area contributed by atoms with E-state index in [0.29, 0.717) is 24.5 Å². The van der Waals surface area contributed by atoms with E-state index in [9.17, 15) is 14.4 Å². The fourth-order valence-electron chi connectivity index (χ4n) is 3.90. The zero-order valence-electron chi connectivity index (χ0n) is 23.4. The molecule has 0 heterocycles. The van der Waals surface area contributed by atoms with Gasteiger partial charge in [0.15, 0.2) is 18.1 Å². The first-order valence-corrected chi connectivity index (χ1v) is 13.1. The number of hydrazone groups is 1. The quantitative estimate of drug-likeness (QED) is 0.188. The molecule has 2 aromatic rings. The van der Waals surface area contributed by atoms with Crippen molar-refractivity contribution < 1.29 is 28.6 Å². The number of benzene rings is 2. The smallest absolute Gasteiger partial charge is 0.258 e. The van der Waals surface area contributed by atoms with Crippen molar-refractivity contribution in [2.45, 2.75) is 66.0 Å². The van der Waals surface area contributed by atoms with Crippen molar-refractivity contribution in [1.82, 2.24) is 10.3 Å². The van der Waals surface area contributed by atoms with Gasteiger partial charge in [0.25, 0.3) is 11.8 Å². The summed E-state index contributed by atoms with van der Waals surface area (Å²) in [6, 6.07) is 12.5. The molecule has 0 atom stereocenters. The molecule has 39 heavy (non-hydrogen) atoms. The second kappa shape index (κ2) is 16.0. The number of carbonyl (C=O) groups is 3. The fraction of sp³-hybridized carbons (Fsp3) is 0.448. The van der Waals surface area contributed by atoms with E-state index in [2.05, 4.69) is 10.5 Å². The lowest BCUT2D eigenvalue weighted by Crippen LogP contribution is -2.42. The monoisotopic (exact) mass is 540 g/mol. The Labute approximate surface area is 230 Å². The van der Waals surface area contributed by atoms with Crippen LogP contribution in [0.25, 0.3) is 0 Å². The van der Waals surface area contributed by atoms with Gasteiger partial charge in [-0.05, 0) is 88.9 Å². The minimum absolute atomic E-state index is 0.0184. The zero-order valence-corrected chi connectivity index (χ0v) is 23.4. The molecule has 2 rings (SSSR count). The normalized spacial score (nSPS) is 11.1. The summed E-state index contributed by atoms with van der Waals surface area (Å²) in [5, 5.41) is 3.83. The van der Waals surface area contributed by atoms with Gasteiger partial charge in [-0.25, -0.2) is 5.43 Å². The van der Waals surface area contributed by atoms with E-state index in [-0.39, 0.29) is 36.3 Å². The Bertz CT molecular complexity index is 1110. The summed E-state index contributed by atoms with van der Waals surface area (Å²) in [6.07, 6.45) is 4.02. The number of carbonyl (C=O) groups excluding carboxylic acids is 3. The van der Waals surface area contributed by atoms with Crippen molar-refractivity contribution in [2.24, 2.45) is 10.8 Å². The number of unbranched alkanes of at least 4 members (excludes halogenated alkanes) is 2. The average Bonchev–Trinajstić information content (AvgIpc) is 2.87. The average molecular weight is 541 g/mol. The molecule has 10 nitrogen and oxygen atoms in total. The summed E-state index contributed by atoms with van der Waals surface area (Å²) in [5.41, 5.74) is 8.82. The highest BCUT2D eigenvalue weighted by Crippen LogP contribution is 2.33. The van der Waals surface area contributed by atoms with Crippen LogP contribution in [-0.4, -0.2) is 60.7 Å². The molecule has 0 aliphatic carbocycles. The van der Waals surface area contributed by atoms with Gasteiger partial charge in [-0.2, -0.15) is 5.10 Å². The maximum absolute atomic E-state index is 13.3. The van der Waals surface area contributed by atoms with E-state index >= 15 is 0 Å². The molecule has 0 aliphatic heterocycles. The van der Waals surface area contributed by atoms with Gasteiger partial charge in [-0.15, -0.1) is 0 Å². The molecular formula is C29H40N4O6. The molecule has 0 radical (unpaired) electrons. The number of primary amides is 1. The summed E-state index contributed by atoms with van der Waals surface area (Å²) >= 11 is 0. The molecule has 0 saturated carbocycles. The molecule has 0 spiro atoms. The van der Waals surface area contributed by atoms with Gasteiger partial charge in [-0.3, -0.25) is 14.4 Å². The van der Waals surface area contributed by atoms with Crippen molar-refractivity contribution in [3.05, 3.63) is 53.6 Å². The largest absolute Gasteiger partial charge is 0.494 e. The molecule has 10 heteroatoms. The lowest BCUT2D eigenvalue weighted by Gasteiger charge is -2.31. The number of hydrogen-bond donors (Lipinski definition) is 2. The van der Waals surface area contributed by atoms with Crippen molar-refractivity contribution in [1.29, 1.82) is 0 Å². The van der Waals surface area contributed by atoms with Gasteiger partial charge < -0.3 is 24.8 Å². The molecule has 0 fully saturated rings. The predicted octanol–water partition coefficient (Wildman–Crippen LogP) is 3.91. The van der Waals surface area contributed by atoms with Crippen LogP contribution in [0.2, 0.25) is 0 Å². The minimum Gasteiger partial charge on any atom is -0.494 e. The fourth-order valence-corrected chi connectivity index (χ4v) is 3.90. The van der Waals surface area contributed by atoms with Gasteiger partial charge >= 0.3 is 0 Å². The van der Waals surface area contributed by atoms with Crippen molar-refractivity contribution in [3.63, 3.8) is 0 Å².